The van der Waals surface area contributed by atoms with Gasteiger partial charge < -0.3 is 10.1 Å². The molecule has 0 fully saturated rings. The predicted molar refractivity (Wildman–Crippen MR) is 93.9 cm³/mol. The van der Waals surface area contributed by atoms with Crippen LogP contribution in [0.2, 0.25) is 0 Å². The third-order valence-corrected chi connectivity index (χ3v) is 4.54. The number of aromatic nitrogens is 1. The summed E-state index contributed by atoms with van der Waals surface area (Å²) < 4.78 is 5.65. The number of benzene rings is 2. The minimum atomic E-state index is 0.861. The zero-order valence-electron chi connectivity index (χ0n) is 13.5. The van der Waals surface area contributed by atoms with Crippen molar-refractivity contribution in [3.63, 3.8) is 0 Å². The SMILES string of the molecule is COc1ccc(C)cc1-c1c2c(nc3ccccc13)CCNC2. The molecule has 1 aromatic heterocycles. The quantitative estimate of drug-likeness (QED) is 0.780. The molecular weight excluding hydrogens is 284 g/mol. The molecule has 0 bridgehead atoms. The van der Waals surface area contributed by atoms with Crippen molar-refractivity contribution in [2.75, 3.05) is 13.7 Å². The van der Waals surface area contributed by atoms with E-state index in [1.54, 1.807) is 7.11 Å². The van der Waals surface area contributed by atoms with Gasteiger partial charge in [0.1, 0.15) is 5.75 Å². The van der Waals surface area contributed by atoms with Crippen LogP contribution >= 0.6 is 0 Å². The van der Waals surface area contributed by atoms with E-state index in [9.17, 15) is 0 Å². The number of para-hydroxylation sites is 1. The molecule has 0 saturated carbocycles. The Kier molecular flexibility index (Phi) is 3.50. The molecule has 4 rings (SSSR count). The van der Waals surface area contributed by atoms with Crippen LogP contribution < -0.4 is 10.1 Å². The third-order valence-electron chi connectivity index (χ3n) is 4.54. The fraction of sp³-hybridized carbons (Fsp3) is 0.250. The van der Waals surface area contributed by atoms with Crippen LogP contribution in [0.3, 0.4) is 0 Å². The van der Waals surface area contributed by atoms with E-state index in [0.717, 1.165) is 36.3 Å². The second kappa shape index (κ2) is 5.67. The third kappa shape index (κ3) is 2.37. The Morgan fingerprint density at radius 2 is 2.00 bits per heavy atom. The smallest absolute Gasteiger partial charge is 0.126 e. The summed E-state index contributed by atoms with van der Waals surface area (Å²) >= 11 is 0. The lowest BCUT2D eigenvalue weighted by atomic mass is 9.90. The van der Waals surface area contributed by atoms with E-state index in [1.807, 2.05) is 0 Å². The van der Waals surface area contributed by atoms with Gasteiger partial charge >= 0.3 is 0 Å². The number of ether oxygens (including phenoxy) is 1. The Balaban J connectivity index is 2.11. The molecule has 23 heavy (non-hydrogen) atoms. The highest BCUT2D eigenvalue weighted by molar-refractivity contribution is 5.98. The number of fused-ring (bicyclic) bond motifs is 2. The minimum absolute atomic E-state index is 0.861. The lowest BCUT2D eigenvalue weighted by Crippen LogP contribution is -2.25. The van der Waals surface area contributed by atoms with E-state index in [-0.39, 0.29) is 0 Å². The average Bonchev–Trinajstić information content (AvgIpc) is 2.59. The van der Waals surface area contributed by atoms with E-state index in [2.05, 4.69) is 54.7 Å². The van der Waals surface area contributed by atoms with Crippen molar-refractivity contribution in [2.45, 2.75) is 19.9 Å². The maximum absolute atomic E-state index is 5.65. The molecule has 0 saturated heterocycles. The monoisotopic (exact) mass is 304 g/mol. The number of methoxy groups -OCH3 is 1. The van der Waals surface area contributed by atoms with Crippen molar-refractivity contribution in [3.8, 4) is 16.9 Å². The van der Waals surface area contributed by atoms with Crippen LogP contribution in [0.25, 0.3) is 22.0 Å². The van der Waals surface area contributed by atoms with Crippen LogP contribution in [0.15, 0.2) is 42.5 Å². The van der Waals surface area contributed by atoms with Crippen molar-refractivity contribution in [2.24, 2.45) is 0 Å². The van der Waals surface area contributed by atoms with Gasteiger partial charge in [0.25, 0.3) is 0 Å². The van der Waals surface area contributed by atoms with Crippen LogP contribution in [-0.4, -0.2) is 18.6 Å². The second-order valence-corrected chi connectivity index (χ2v) is 6.06. The van der Waals surface area contributed by atoms with Gasteiger partial charge in [0, 0.05) is 41.7 Å². The fourth-order valence-corrected chi connectivity index (χ4v) is 3.44. The Morgan fingerprint density at radius 3 is 2.87 bits per heavy atom. The number of aryl methyl sites for hydroxylation is 1. The highest BCUT2D eigenvalue weighted by Crippen LogP contribution is 2.39. The number of hydrogen-bond donors (Lipinski definition) is 1. The van der Waals surface area contributed by atoms with E-state index < -0.39 is 0 Å². The zero-order valence-corrected chi connectivity index (χ0v) is 13.5. The number of nitrogens with zero attached hydrogens (tertiary/aromatic N) is 1. The van der Waals surface area contributed by atoms with Gasteiger partial charge in [-0.05, 0) is 30.7 Å². The summed E-state index contributed by atoms with van der Waals surface area (Å²) in [5.41, 5.74) is 7.23. The van der Waals surface area contributed by atoms with Crippen LogP contribution in [-0.2, 0) is 13.0 Å². The Morgan fingerprint density at radius 1 is 1.13 bits per heavy atom. The molecule has 0 unspecified atom stereocenters. The molecular formula is C20H20N2O. The summed E-state index contributed by atoms with van der Waals surface area (Å²) in [5.74, 6) is 0.916. The summed E-state index contributed by atoms with van der Waals surface area (Å²) in [6.45, 7) is 3.97. The van der Waals surface area contributed by atoms with Gasteiger partial charge in [-0.25, -0.2) is 0 Å². The Hall–Kier alpha value is -2.39. The maximum Gasteiger partial charge on any atom is 0.126 e. The molecule has 0 spiro atoms. The second-order valence-electron chi connectivity index (χ2n) is 6.06. The molecule has 3 nitrogen and oxygen atoms in total. The average molecular weight is 304 g/mol. The van der Waals surface area contributed by atoms with E-state index in [0.29, 0.717) is 0 Å². The molecule has 1 N–H and O–H groups in total. The van der Waals surface area contributed by atoms with E-state index >= 15 is 0 Å². The minimum Gasteiger partial charge on any atom is -0.496 e. The van der Waals surface area contributed by atoms with Gasteiger partial charge in [-0.1, -0.05) is 29.8 Å². The molecule has 1 aliphatic rings. The van der Waals surface area contributed by atoms with Crippen molar-refractivity contribution in [1.29, 1.82) is 0 Å². The maximum atomic E-state index is 5.65. The van der Waals surface area contributed by atoms with Crippen LogP contribution in [0.1, 0.15) is 16.8 Å². The first kappa shape index (κ1) is 14.2. The van der Waals surface area contributed by atoms with Crippen LogP contribution in [0, 0.1) is 6.92 Å². The molecule has 0 aliphatic carbocycles. The van der Waals surface area contributed by atoms with Crippen molar-refractivity contribution in [3.05, 3.63) is 59.3 Å². The summed E-state index contributed by atoms with van der Waals surface area (Å²) in [4.78, 5) is 4.90. The zero-order chi connectivity index (χ0) is 15.8. The van der Waals surface area contributed by atoms with E-state index in [4.69, 9.17) is 9.72 Å². The molecule has 2 heterocycles. The largest absolute Gasteiger partial charge is 0.496 e. The number of hydrogen-bond acceptors (Lipinski definition) is 3. The van der Waals surface area contributed by atoms with Gasteiger partial charge in [-0.3, -0.25) is 4.98 Å². The highest BCUT2D eigenvalue weighted by atomic mass is 16.5. The van der Waals surface area contributed by atoms with Gasteiger partial charge in [-0.15, -0.1) is 0 Å². The first-order chi connectivity index (χ1) is 11.3. The van der Waals surface area contributed by atoms with Gasteiger partial charge in [-0.2, -0.15) is 0 Å². The number of pyridine rings is 1. The first-order valence-corrected chi connectivity index (χ1v) is 8.04. The Labute approximate surface area is 136 Å². The van der Waals surface area contributed by atoms with Crippen LogP contribution in [0.4, 0.5) is 0 Å². The topological polar surface area (TPSA) is 34.1 Å². The van der Waals surface area contributed by atoms with Crippen LogP contribution in [0.5, 0.6) is 5.75 Å². The lowest BCUT2D eigenvalue weighted by Gasteiger charge is -2.23. The molecule has 2 aromatic carbocycles. The molecule has 116 valence electrons. The van der Waals surface area contributed by atoms with Gasteiger partial charge in [0.15, 0.2) is 0 Å². The van der Waals surface area contributed by atoms with E-state index in [1.165, 1.54) is 27.8 Å². The Bertz CT molecular complexity index is 886. The predicted octanol–water partition coefficient (Wildman–Crippen LogP) is 3.86. The summed E-state index contributed by atoms with van der Waals surface area (Å²) in [6, 6.07) is 14.8. The molecule has 3 heteroatoms. The van der Waals surface area contributed by atoms with Crippen molar-refractivity contribution in [1.82, 2.24) is 10.3 Å². The standard InChI is InChI=1S/C20H20N2O/c1-13-7-8-19(23-2)15(11-13)20-14-5-3-4-6-17(14)22-18-9-10-21-12-16(18)20/h3-8,11,21H,9-10,12H2,1-2H3. The van der Waals surface area contributed by atoms with Crippen molar-refractivity contribution >= 4 is 10.9 Å². The highest BCUT2D eigenvalue weighted by Gasteiger charge is 2.21. The molecule has 0 atom stereocenters. The first-order valence-electron chi connectivity index (χ1n) is 8.04. The summed E-state index contributed by atoms with van der Waals surface area (Å²) in [5, 5.41) is 4.68. The van der Waals surface area contributed by atoms with Gasteiger partial charge in [0.2, 0.25) is 0 Å². The molecule has 0 amide bonds. The fourth-order valence-electron chi connectivity index (χ4n) is 3.44. The van der Waals surface area contributed by atoms with Gasteiger partial charge in [0.05, 0.1) is 12.6 Å². The number of nitrogens with one attached hydrogen (secondary N) is 1. The summed E-state index contributed by atoms with van der Waals surface area (Å²) in [7, 11) is 1.74. The van der Waals surface area contributed by atoms with Crippen molar-refractivity contribution < 1.29 is 4.74 Å². The lowest BCUT2D eigenvalue weighted by molar-refractivity contribution is 0.416. The summed E-state index contributed by atoms with van der Waals surface area (Å²) in [6.07, 6.45) is 0.974. The molecule has 0 radical (unpaired) electrons. The molecule has 1 aliphatic heterocycles. The number of rotatable bonds is 2. The normalized spacial score (nSPS) is 13.8. The molecule has 3 aromatic rings.